The van der Waals surface area contributed by atoms with Crippen molar-refractivity contribution in [1.82, 2.24) is 9.62 Å². The van der Waals surface area contributed by atoms with Gasteiger partial charge in [0.15, 0.2) is 0 Å². The Hall–Kier alpha value is -1.40. The molecule has 136 valence electrons. The minimum atomic E-state index is -3.61. The third-order valence-corrected chi connectivity index (χ3v) is 5.61. The van der Waals surface area contributed by atoms with Crippen LogP contribution in [0.15, 0.2) is 17.0 Å². The molecule has 0 aliphatic carbocycles. The molecule has 5 nitrogen and oxygen atoms in total. The van der Waals surface area contributed by atoms with E-state index < -0.39 is 10.0 Å². The zero-order valence-electron chi connectivity index (χ0n) is 15.5. The van der Waals surface area contributed by atoms with Crippen molar-refractivity contribution in [2.75, 3.05) is 19.6 Å². The first-order valence-corrected chi connectivity index (χ1v) is 10.1. The van der Waals surface area contributed by atoms with Gasteiger partial charge in [0.1, 0.15) is 0 Å². The molecule has 0 heterocycles. The lowest BCUT2D eigenvalue weighted by atomic mass is 10.1. The van der Waals surface area contributed by atoms with Crippen molar-refractivity contribution < 1.29 is 13.2 Å². The van der Waals surface area contributed by atoms with Gasteiger partial charge in [-0.05, 0) is 44.7 Å². The van der Waals surface area contributed by atoms with Crippen LogP contribution in [0.2, 0.25) is 0 Å². The summed E-state index contributed by atoms with van der Waals surface area (Å²) in [6.07, 6.45) is 1.99. The predicted octanol–water partition coefficient (Wildman–Crippen LogP) is 2.93. The molecule has 0 unspecified atom stereocenters. The number of carbonyl (C=O) groups is 1. The Morgan fingerprint density at radius 1 is 1.04 bits per heavy atom. The quantitative estimate of drug-likeness (QED) is 0.741. The lowest BCUT2D eigenvalue weighted by Gasteiger charge is -2.21. The van der Waals surface area contributed by atoms with Crippen LogP contribution >= 0.6 is 0 Å². The largest absolute Gasteiger partial charge is 0.343 e. The highest BCUT2D eigenvalue weighted by atomic mass is 32.2. The number of hydrogen-bond acceptors (Lipinski definition) is 3. The second-order valence-corrected chi connectivity index (χ2v) is 7.96. The van der Waals surface area contributed by atoms with Gasteiger partial charge in [-0.1, -0.05) is 31.5 Å². The number of carbonyl (C=O) groups excluding carboxylic acids is 1. The molecule has 1 N–H and O–H groups in total. The van der Waals surface area contributed by atoms with Crippen molar-refractivity contribution in [3.05, 3.63) is 28.8 Å². The Labute approximate surface area is 146 Å². The number of nitrogens with one attached hydrogen (secondary N) is 1. The minimum Gasteiger partial charge on any atom is -0.343 e. The summed E-state index contributed by atoms with van der Waals surface area (Å²) in [4.78, 5) is 14.3. The van der Waals surface area contributed by atoms with Gasteiger partial charge in [-0.2, -0.15) is 0 Å². The molecule has 0 aromatic heterocycles. The van der Waals surface area contributed by atoms with Gasteiger partial charge in [0.25, 0.3) is 0 Å². The monoisotopic (exact) mass is 354 g/mol. The van der Waals surface area contributed by atoms with E-state index in [0.29, 0.717) is 4.90 Å². The molecule has 1 amide bonds. The van der Waals surface area contributed by atoms with E-state index in [1.807, 2.05) is 32.9 Å². The predicted molar refractivity (Wildman–Crippen MR) is 97.6 cm³/mol. The summed E-state index contributed by atoms with van der Waals surface area (Å²) in [7, 11) is -3.61. The summed E-state index contributed by atoms with van der Waals surface area (Å²) >= 11 is 0. The van der Waals surface area contributed by atoms with Crippen molar-refractivity contribution in [1.29, 1.82) is 0 Å². The summed E-state index contributed by atoms with van der Waals surface area (Å²) < 4.78 is 27.7. The first-order chi connectivity index (χ1) is 11.2. The molecule has 0 aliphatic rings. The molecule has 0 saturated heterocycles. The van der Waals surface area contributed by atoms with Crippen molar-refractivity contribution in [2.24, 2.45) is 0 Å². The van der Waals surface area contributed by atoms with Crippen molar-refractivity contribution in [2.45, 2.75) is 58.8 Å². The van der Waals surface area contributed by atoms with Crippen LogP contribution < -0.4 is 4.72 Å². The maximum Gasteiger partial charge on any atom is 0.241 e. The van der Waals surface area contributed by atoms with Gasteiger partial charge in [-0.3, -0.25) is 4.79 Å². The van der Waals surface area contributed by atoms with E-state index in [2.05, 4.69) is 4.72 Å². The molecule has 0 fully saturated rings. The van der Waals surface area contributed by atoms with Crippen LogP contribution in [-0.4, -0.2) is 38.9 Å². The third-order valence-electron chi connectivity index (χ3n) is 3.84. The van der Waals surface area contributed by atoms with Crippen LogP contribution in [0.3, 0.4) is 0 Å². The normalized spacial score (nSPS) is 11.5. The topological polar surface area (TPSA) is 66.5 Å². The van der Waals surface area contributed by atoms with E-state index in [-0.39, 0.29) is 18.9 Å². The molecule has 1 aromatic rings. The van der Waals surface area contributed by atoms with Gasteiger partial charge in [0.05, 0.1) is 4.90 Å². The second-order valence-electron chi connectivity index (χ2n) is 6.26. The maximum atomic E-state index is 12.6. The van der Waals surface area contributed by atoms with Gasteiger partial charge >= 0.3 is 0 Å². The smallest absolute Gasteiger partial charge is 0.241 e. The van der Waals surface area contributed by atoms with E-state index in [0.717, 1.165) is 42.6 Å². The van der Waals surface area contributed by atoms with E-state index in [1.165, 1.54) is 0 Å². The number of nitrogens with zero attached hydrogens (tertiary/aromatic N) is 1. The number of aryl methyl sites for hydroxylation is 3. The lowest BCUT2D eigenvalue weighted by molar-refractivity contribution is -0.131. The number of sulfonamides is 1. The van der Waals surface area contributed by atoms with Gasteiger partial charge < -0.3 is 4.90 Å². The molecule has 0 saturated carbocycles. The van der Waals surface area contributed by atoms with Crippen LogP contribution in [0.5, 0.6) is 0 Å². The highest BCUT2D eigenvalue weighted by Gasteiger charge is 2.20. The van der Waals surface area contributed by atoms with E-state index in [1.54, 1.807) is 18.7 Å². The first kappa shape index (κ1) is 20.6. The molecule has 1 rings (SSSR count). The van der Waals surface area contributed by atoms with Crippen molar-refractivity contribution in [3.63, 3.8) is 0 Å². The number of hydrogen-bond donors (Lipinski definition) is 1. The van der Waals surface area contributed by atoms with Gasteiger partial charge in [0.2, 0.25) is 15.9 Å². The van der Waals surface area contributed by atoms with Crippen LogP contribution in [0.4, 0.5) is 0 Å². The molecule has 24 heavy (non-hydrogen) atoms. The summed E-state index contributed by atoms with van der Waals surface area (Å²) in [5.41, 5.74) is 2.49. The summed E-state index contributed by atoms with van der Waals surface area (Å²) in [6.45, 7) is 11.2. The Morgan fingerprint density at radius 2 is 1.54 bits per heavy atom. The average Bonchev–Trinajstić information content (AvgIpc) is 2.45. The Bertz CT molecular complexity index is 640. The highest BCUT2D eigenvalue weighted by Crippen LogP contribution is 2.21. The fraction of sp³-hybridized carbons (Fsp3) is 0.611. The molecule has 0 aliphatic heterocycles. The molecule has 1 aromatic carbocycles. The lowest BCUT2D eigenvalue weighted by Crippen LogP contribution is -2.35. The van der Waals surface area contributed by atoms with Crippen LogP contribution in [0, 0.1) is 20.8 Å². The Kier molecular flexibility index (Phi) is 7.90. The number of amides is 1. The molecule has 0 bridgehead atoms. The Balaban J connectivity index is 2.75. The third kappa shape index (κ3) is 5.60. The van der Waals surface area contributed by atoms with E-state index in [9.17, 15) is 13.2 Å². The fourth-order valence-corrected chi connectivity index (χ4v) is 4.50. The van der Waals surface area contributed by atoms with Crippen molar-refractivity contribution >= 4 is 15.9 Å². The second kappa shape index (κ2) is 9.18. The standard InChI is InChI=1S/C18H30N2O3S/c1-6-10-20(11-7-2)17(21)8-9-19-24(22,23)18-15(4)12-14(3)13-16(18)5/h12-13,19H,6-11H2,1-5H3. The van der Waals surface area contributed by atoms with Crippen molar-refractivity contribution in [3.8, 4) is 0 Å². The number of rotatable bonds is 9. The summed E-state index contributed by atoms with van der Waals surface area (Å²) in [5, 5.41) is 0. The number of benzene rings is 1. The molecule has 0 radical (unpaired) electrons. The van der Waals surface area contributed by atoms with Gasteiger partial charge in [0, 0.05) is 26.1 Å². The van der Waals surface area contributed by atoms with E-state index in [4.69, 9.17) is 0 Å². The van der Waals surface area contributed by atoms with Gasteiger partial charge in [-0.15, -0.1) is 0 Å². The highest BCUT2D eigenvalue weighted by molar-refractivity contribution is 7.89. The average molecular weight is 355 g/mol. The first-order valence-electron chi connectivity index (χ1n) is 8.58. The molecular weight excluding hydrogens is 324 g/mol. The summed E-state index contributed by atoms with van der Waals surface area (Å²) in [6, 6.07) is 3.72. The summed E-state index contributed by atoms with van der Waals surface area (Å²) in [5.74, 6) is -0.00116. The van der Waals surface area contributed by atoms with E-state index >= 15 is 0 Å². The SMILES string of the molecule is CCCN(CCC)C(=O)CCNS(=O)(=O)c1c(C)cc(C)cc1C. The molecule has 6 heteroatoms. The van der Waals surface area contributed by atoms with Crippen LogP contribution in [0.1, 0.15) is 49.8 Å². The zero-order valence-corrected chi connectivity index (χ0v) is 16.3. The molecule has 0 atom stereocenters. The molecular formula is C18H30N2O3S. The van der Waals surface area contributed by atoms with Crippen LogP contribution in [0.25, 0.3) is 0 Å². The maximum absolute atomic E-state index is 12.6. The minimum absolute atomic E-state index is 0.00116. The van der Waals surface area contributed by atoms with Crippen LogP contribution in [-0.2, 0) is 14.8 Å². The van der Waals surface area contributed by atoms with Gasteiger partial charge in [-0.25, -0.2) is 13.1 Å². The Morgan fingerprint density at radius 3 is 2.00 bits per heavy atom. The fourth-order valence-electron chi connectivity index (χ4n) is 3.01. The molecule has 0 spiro atoms. The zero-order chi connectivity index (χ0) is 18.3.